The number of carbonyl (C=O) groups is 1. The zero-order valence-electron chi connectivity index (χ0n) is 11.7. The minimum absolute atomic E-state index is 0.00557. The summed E-state index contributed by atoms with van der Waals surface area (Å²) in [7, 11) is 0. The lowest BCUT2D eigenvalue weighted by Crippen LogP contribution is -2.24. The average Bonchev–Trinajstić information content (AvgIpc) is 3.05. The first-order valence-corrected chi connectivity index (χ1v) is 6.87. The third-order valence-corrected chi connectivity index (χ3v) is 3.65. The van der Waals surface area contributed by atoms with Crippen molar-refractivity contribution in [3.63, 3.8) is 0 Å². The molecule has 1 saturated heterocycles. The Balaban J connectivity index is 1.83. The number of nitrogens with zero attached hydrogens (tertiary/aromatic N) is 3. The predicted octanol–water partition coefficient (Wildman–Crippen LogP) is 2.46. The number of hydrogen-bond donors (Lipinski definition) is 0. The van der Waals surface area contributed by atoms with Crippen molar-refractivity contribution in [2.24, 2.45) is 0 Å². The standard InChI is InChI=1S/C15H17N3O2/c1-3-11-5-4-6-13(7-11)18-9-12(8-14(18)19)15-16-10(2)17-20-15/h4-7,12H,3,8-9H2,1-2H3. The van der Waals surface area contributed by atoms with E-state index in [-0.39, 0.29) is 11.8 Å². The van der Waals surface area contributed by atoms with E-state index >= 15 is 0 Å². The number of anilines is 1. The summed E-state index contributed by atoms with van der Waals surface area (Å²) in [6, 6.07) is 8.10. The van der Waals surface area contributed by atoms with Gasteiger partial charge in [-0.25, -0.2) is 0 Å². The maximum atomic E-state index is 12.2. The number of benzene rings is 1. The molecule has 1 aliphatic heterocycles. The Labute approximate surface area is 117 Å². The summed E-state index contributed by atoms with van der Waals surface area (Å²) in [6.07, 6.45) is 1.39. The molecule has 3 rings (SSSR count). The molecule has 1 amide bonds. The van der Waals surface area contributed by atoms with E-state index in [1.807, 2.05) is 17.0 Å². The summed E-state index contributed by atoms with van der Waals surface area (Å²) in [5, 5.41) is 3.80. The van der Waals surface area contributed by atoms with Crippen molar-refractivity contribution in [1.29, 1.82) is 0 Å². The number of amides is 1. The Kier molecular flexibility index (Phi) is 3.26. The fourth-order valence-corrected chi connectivity index (χ4v) is 2.55. The largest absolute Gasteiger partial charge is 0.339 e. The highest BCUT2D eigenvalue weighted by molar-refractivity contribution is 5.96. The topological polar surface area (TPSA) is 59.2 Å². The fourth-order valence-electron chi connectivity index (χ4n) is 2.55. The van der Waals surface area contributed by atoms with Crippen molar-refractivity contribution in [2.75, 3.05) is 11.4 Å². The molecule has 1 aromatic heterocycles. The lowest BCUT2D eigenvalue weighted by Gasteiger charge is -2.16. The Morgan fingerprint density at radius 2 is 2.30 bits per heavy atom. The van der Waals surface area contributed by atoms with Crippen molar-refractivity contribution in [1.82, 2.24) is 10.1 Å². The molecule has 0 saturated carbocycles. The quantitative estimate of drug-likeness (QED) is 0.860. The van der Waals surface area contributed by atoms with Crippen LogP contribution in [0.1, 0.15) is 36.5 Å². The van der Waals surface area contributed by atoms with Crippen LogP contribution in [0.4, 0.5) is 5.69 Å². The third-order valence-electron chi connectivity index (χ3n) is 3.65. The first-order valence-electron chi connectivity index (χ1n) is 6.87. The maximum Gasteiger partial charge on any atom is 0.232 e. The van der Waals surface area contributed by atoms with E-state index in [9.17, 15) is 4.79 Å². The summed E-state index contributed by atoms with van der Waals surface area (Å²) in [4.78, 5) is 18.2. The molecule has 5 heteroatoms. The van der Waals surface area contributed by atoms with Crippen molar-refractivity contribution in [2.45, 2.75) is 32.6 Å². The molecule has 20 heavy (non-hydrogen) atoms. The van der Waals surface area contributed by atoms with E-state index in [4.69, 9.17) is 4.52 Å². The van der Waals surface area contributed by atoms with E-state index < -0.39 is 0 Å². The molecular weight excluding hydrogens is 254 g/mol. The molecule has 0 radical (unpaired) electrons. The van der Waals surface area contributed by atoms with E-state index in [1.54, 1.807) is 6.92 Å². The summed E-state index contributed by atoms with van der Waals surface area (Å²) in [6.45, 7) is 4.49. The van der Waals surface area contributed by atoms with Gasteiger partial charge in [0.15, 0.2) is 5.82 Å². The maximum absolute atomic E-state index is 12.2. The molecule has 2 aromatic rings. The minimum Gasteiger partial charge on any atom is -0.339 e. The average molecular weight is 271 g/mol. The van der Waals surface area contributed by atoms with E-state index in [1.165, 1.54) is 5.56 Å². The minimum atomic E-state index is -0.00557. The molecule has 5 nitrogen and oxygen atoms in total. The Morgan fingerprint density at radius 1 is 1.45 bits per heavy atom. The molecule has 1 atom stereocenters. The molecule has 1 aliphatic rings. The van der Waals surface area contributed by atoms with Gasteiger partial charge in [0.1, 0.15) is 0 Å². The molecular formula is C15H17N3O2. The van der Waals surface area contributed by atoms with Crippen LogP contribution in [-0.4, -0.2) is 22.6 Å². The third kappa shape index (κ3) is 2.31. The second-order valence-corrected chi connectivity index (χ2v) is 5.11. The second-order valence-electron chi connectivity index (χ2n) is 5.11. The van der Waals surface area contributed by atoms with E-state index in [0.717, 1.165) is 12.1 Å². The van der Waals surface area contributed by atoms with Crippen LogP contribution < -0.4 is 4.90 Å². The van der Waals surface area contributed by atoms with Gasteiger partial charge in [-0.3, -0.25) is 4.79 Å². The first-order chi connectivity index (χ1) is 9.67. The lowest BCUT2D eigenvalue weighted by atomic mass is 10.1. The Morgan fingerprint density at radius 3 is 3.00 bits per heavy atom. The van der Waals surface area contributed by atoms with Crippen molar-refractivity contribution < 1.29 is 9.32 Å². The Hall–Kier alpha value is -2.17. The van der Waals surface area contributed by atoms with Crippen LogP contribution in [0, 0.1) is 6.92 Å². The zero-order chi connectivity index (χ0) is 14.1. The molecule has 1 aromatic carbocycles. The second kappa shape index (κ2) is 5.07. The summed E-state index contributed by atoms with van der Waals surface area (Å²) >= 11 is 0. The Bertz CT molecular complexity index is 636. The number of carbonyl (C=O) groups excluding carboxylic acids is 1. The molecule has 0 bridgehead atoms. The fraction of sp³-hybridized carbons (Fsp3) is 0.400. The summed E-state index contributed by atoms with van der Waals surface area (Å²) in [5.74, 6) is 1.27. The predicted molar refractivity (Wildman–Crippen MR) is 74.6 cm³/mol. The smallest absolute Gasteiger partial charge is 0.232 e. The van der Waals surface area contributed by atoms with E-state index in [0.29, 0.717) is 24.7 Å². The summed E-state index contributed by atoms with van der Waals surface area (Å²) < 4.78 is 5.19. The first kappa shape index (κ1) is 12.8. The van der Waals surface area contributed by atoms with Gasteiger partial charge in [-0.2, -0.15) is 4.98 Å². The van der Waals surface area contributed by atoms with Gasteiger partial charge in [-0.05, 0) is 31.0 Å². The van der Waals surface area contributed by atoms with Crippen molar-refractivity contribution >= 4 is 11.6 Å². The molecule has 104 valence electrons. The van der Waals surface area contributed by atoms with E-state index in [2.05, 4.69) is 29.2 Å². The highest BCUT2D eigenvalue weighted by atomic mass is 16.5. The number of rotatable bonds is 3. The van der Waals surface area contributed by atoms with Crippen LogP contribution in [0.5, 0.6) is 0 Å². The molecule has 1 fully saturated rings. The van der Waals surface area contributed by atoms with Gasteiger partial charge in [-0.15, -0.1) is 0 Å². The van der Waals surface area contributed by atoms with Crippen LogP contribution >= 0.6 is 0 Å². The SMILES string of the molecule is CCc1cccc(N2CC(c3nc(C)no3)CC2=O)c1. The van der Waals surface area contributed by atoms with Gasteiger partial charge in [0, 0.05) is 18.7 Å². The van der Waals surface area contributed by atoms with Gasteiger partial charge >= 0.3 is 0 Å². The van der Waals surface area contributed by atoms with Gasteiger partial charge in [0.05, 0.1) is 5.92 Å². The normalized spacial score (nSPS) is 18.8. The van der Waals surface area contributed by atoms with Crippen LogP contribution in [0.3, 0.4) is 0 Å². The molecule has 1 unspecified atom stereocenters. The molecule has 0 spiro atoms. The van der Waals surface area contributed by atoms with Crippen LogP contribution in [0.25, 0.3) is 0 Å². The van der Waals surface area contributed by atoms with Gasteiger partial charge in [-0.1, -0.05) is 24.2 Å². The number of aryl methyl sites for hydroxylation is 2. The lowest BCUT2D eigenvalue weighted by molar-refractivity contribution is -0.117. The zero-order valence-corrected chi connectivity index (χ0v) is 11.7. The highest BCUT2D eigenvalue weighted by Crippen LogP contribution is 2.31. The van der Waals surface area contributed by atoms with Crippen molar-refractivity contribution in [3.8, 4) is 0 Å². The monoisotopic (exact) mass is 271 g/mol. The number of hydrogen-bond acceptors (Lipinski definition) is 4. The van der Waals surface area contributed by atoms with Gasteiger partial charge < -0.3 is 9.42 Å². The van der Waals surface area contributed by atoms with Crippen LogP contribution in [-0.2, 0) is 11.2 Å². The molecule has 0 aliphatic carbocycles. The van der Waals surface area contributed by atoms with Crippen LogP contribution in [0.2, 0.25) is 0 Å². The van der Waals surface area contributed by atoms with Gasteiger partial charge in [0.25, 0.3) is 0 Å². The number of aromatic nitrogens is 2. The summed E-state index contributed by atoms with van der Waals surface area (Å²) in [5.41, 5.74) is 2.18. The molecule has 0 N–H and O–H groups in total. The van der Waals surface area contributed by atoms with Crippen molar-refractivity contribution in [3.05, 3.63) is 41.5 Å². The highest BCUT2D eigenvalue weighted by Gasteiger charge is 2.34. The van der Waals surface area contributed by atoms with Gasteiger partial charge in [0.2, 0.25) is 11.8 Å². The van der Waals surface area contributed by atoms with Crippen LogP contribution in [0.15, 0.2) is 28.8 Å². The molecule has 2 heterocycles.